The van der Waals surface area contributed by atoms with Gasteiger partial charge in [0.15, 0.2) is 0 Å². The first-order valence-electron chi connectivity index (χ1n) is 9.56. The number of carbonyl (C=O) groups is 1. The van der Waals surface area contributed by atoms with Crippen molar-refractivity contribution in [2.45, 2.75) is 45.4 Å². The molecule has 2 aliphatic heterocycles. The van der Waals surface area contributed by atoms with Gasteiger partial charge < -0.3 is 14.9 Å². The van der Waals surface area contributed by atoms with Gasteiger partial charge in [-0.15, -0.1) is 0 Å². The zero-order chi connectivity index (χ0) is 16.5. The van der Waals surface area contributed by atoms with Crippen molar-refractivity contribution < 1.29 is 9.90 Å². The Hall–Kier alpha value is -0.650. The Labute approximate surface area is 141 Å². The molecule has 0 radical (unpaired) electrons. The van der Waals surface area contributed by atoms with Gasteiger partial charge in [-0.2, -0.15) is 0 Å². The van der Waals surface area contributed by atoms with E-state index in [1.807, 2.05) is 0 Å². The molecule has 0 saturated carbocycles. The molecule has 3 atom stereocenters. The molecule has 0 spiro atoms. The molecule has 0 aromatic rings. The first-order valence-corrected chi connectivity index (χ1v) is 9.56. The van der Waals surface area contributed by atoms with E-state index in [-0.39, 0.29) is 6.54 Å². The van der Waals surface area contributed by atoms with Gasteiger partial charge in [0.1, 0.15) is 0 Å². The summed E-state index contributed by atoms with van der Waals surface area (Å²) in [5.41, 5.74) is 0. The molecule has 134 valence electrons. The normalized spacial score (nSPS) is 32.1. The zero-order valence-electron chi connectivity index (χ0n) is 14.9. The quantitative estimate of drug-likeness (QED) is 0.860. The fourth-order valence-corrected chi connectivity index (χ4v) is 3.97. The van der Waals surface area contributed by atoms with E-state index >= 15 is 0 Å². The number of carboxylic acids is 1. The van der Waals surface area contributed by atoms with Crippen LogP contribution < -0.4 is 0 Å². The van der Waals surface area contributed by atoms with E-state index < -0.39 is 5.97 Å². The summed E-state index contributed by atoms with van der Waals surface area (Å²) in [6.45, 7) is 11.2. The monoisotopic (exact) mass is 325 g/mol. The lowest BCUT2D eigenvalue weighted by atomic mass is 9.96. The van der Waals surface area contributed by atoms with Gasteiger partial charge in [-0.3, -0.25) is 9.69 Å². The Morgan fingerprint density at radius 2 is 1.52 bits per heavy atom. The van der Waals surface area contributed by atoms with Crippen LogP contribution in [0.5, 0.6) is 0 Å². The van der Waals surface area contributed by atoms with Crippen LogP contribution in [0.25, 0.3) is 0 Å². The van der Waals surface area contributed by atoms with Gasteiger partial charge in [0.2, 0.25) is 0 Å². The fraction of sp³-hybridized carbons (Fsp3) is 0.944. The van der Waals surface area contributed by atoms with Crippen LogP contribution >= 0.6 is 0 Å². The molecule has 1 N–H and O–H groups in total. The van der Waals surface area contributed by atoms with Crippen LogP contribution in [0, 0.1) is 5.92 Å². The number of hydrogen-bond donors (Lipinski definition) is 1. The Morgan fingerprint density at radius 3 is 2.22 bits per heavy atom. The average Bonchev–Trinajstić information content (AvgIpc) is 2.59. The number of rotatable bonds is 3. The summed E-state index contributed by atoms with van der Waals surface area (Å²) in [6.07, 6.45) is 7.60. The van der Waals surface area contributed by atoms with Crippen LogP contribution in [0.1, 0.15) is 45.4 Å². The fourth-order valence-electron chi connectivity index (χ4n) is 3.97. The molecule has 5 nitrogen and oxygen atoms in total. The molecule has 0 aromatic carbocycles. The molecule has 2 aliphatic rings. The van der Waals surface area contributed by atoms with E-state index in [0.29, 0.717) is 0 Å². The lowest BCUT2D eigenvalue weighted by molar-refractivity contribution is -0.138. The standard InChI is InChI=1S/C18H35N3O2/c1-2-17-6-3-8-20-11-4-9-19(13-7-17)10-5-12-21(15-14-20)16-18(22)23/h17H,2-16H2,1H3,(H,22,23). The van der Waals surface area contributed by atoms with Crippen molar-refractivity contribution in [1.82, 2.24) is 14.7 Å². The first-order chi connectivity index (χ1) is 11.2. The van der Waals surface area contributed by atoms with E-state index in [4.69, 9.17) is 5.11 Å². The second-order valence-electron chi connectivity index (χ2n) is 7.27. The van der Waals surface area contributed by atoms with E-state index in [0.717, 1.165) is 45.1 Å². The van der Waals surface area contributed by atoms with Gasteiger partial charge in [0.25, 0.3) is 0 Å². The maximum absolute atomic E-state index is 11.1. The highest BCUT2D eigenvalue weighted by atomic mass is 16.4. The van der Waals surface area contributed by atoms with E-state index in [9.17, 15) is 4.79 Å². The van der Waals surface area contributed by atoms with Crippen molar-refractivity contribution in [3.05, 3.63) is 0 Å². The highest BCUT2D eigenvalue weighted by Crippen LogP contribution is 2.18. The number of nitrogens with zero attached hydrogens (tertiary/aromatic N) is 3. The minimum atomic E-state index is -0.699. The van der Waals surface area contributed by atoms with Crippen LogP contribution in [-0.2, 0) is 4.79 Å². The summed E-state index contributed by atoms with van der Waals surface area (Å²) >= 11 is 0. The van der Waals surface area contributed by atoms with Gasteiger partial charge in [-0.1, -0.05) is 13.3 Å². The maximum atomic E-state index is 11.1. The molecule has 5 heteroatoms. The summed E-state index contributed by atoms with van der Waals surface area (Å²) in [5.74, 6) is 0.180. The molecule has 23 heavy (non-hydrogen) atoms. The van der Waals surface area contributed by atoms with Crippen LogP contribution in [0.2, 0.25) is 0 Å². The zero-order valence-corrected chi connectivity index (χ0v) is 14.9. The third-order valence-corrected chi connectivity index (χ3v) is 5.51. The molecular formula is C18H35N3O2. The first kappa shape index (κ1) is 18.7. The predicted octanol–water partition coefficient (Wildman–Crippen LogP) is 1.98. The predicted molar refractivity (Wildman–Crippen MR) is 93.8 cm³/mol. The van der Waals surface area contributed by atoms with Crippen molar-refractivity contribution in [1.29, 1.82) is 0 Å². The molecule has 2 fully saturated rings. The third-order valence-electron chi connectivity index (χ3n) is 5.51. The molecule has 0 amide bonds. The largest absolute Gasteiger partial charge is 0.480 e. The maximum Gasteiger partial charge on any atom is 0.317 e. The van der Waals surface area contributed by atoms with E-state index in [1.165, 1.54) is 51.7 Å². The van der Waals surface area contributed by atoms with Gasteiger partial charge in [-0.25, -0.2) is 0 Å². The van der Waals surface area contributed by atoms with Crippen LogP contribution in [0.15, 0.2) is 0 Å². The molecule has 2 saturated heterocycles. The number of aliphatic carboxylic acids is 1. The van der Waals surface area contributed by atoms with E-state index in [1.54, 1.807) is 0 Å². The van der Waals surface area contributed by atoms with Crippen molar-refractivity contribution in [2.24, 2.45) is 5.92 Å². The summed E-state index contributed by atoms with van der Waals surface area (Å²) < 4.78 is 0. The molecule has 0 aromatic heterocycles. The Balaban J connectivity index is 2.00. The minimum absolute atomic E-state index is 0.186. The van der Waals surface area contributed by atoms with Gasteiger partial charge in [-0.05, 0) is 70.7 Å². The lowest BCUT2D eigenvalue weighted by Crippen LogP contribution is -2.39. The summed E-state index contributed by atoms with van der Waals surface area (Å²) in [4.78, 5) is 18.4. The van der Waals surface area contributed by atoms with Gasteiger partial charge in [0, 0.05) is 19.6 Å². The highest BCUT2D eigenvalue weighted by molar-refractivity contribution is 5.69. The van der Waals surface area contributed by atoms with Gasteiger partial charge >= 0.3 is 5.97 Å². The smallest absolute Gasteiger partial charge is 0.317 e. The van der Waals surface area contributed by atoms with Crippen molar-refractivity contribution in [2.75, 3.05) is 58.9 Å². The second-order valence-corrected chi connectivity index (χ2v) is 7.27. The van der Waals surface area contributed by atoms with Crippen molar-refractivity contribution in [3.63, 3.8) is 0 Å². The molecule has 2 rings (SSSR count). The van der Waals surface area contributed by atoms with Crippen molar-refractivity contribution >= 4 is 5.97 Å². The third kappa shape index (κ3) is 7.19. The molecular weight excluding hydrogens is 290 g/mol. The van der Waals surface area contributed by atoms with Crippen molar-refractivity contribution in [3.8, 4) is 0 Å². The Bertz CT molecular complexity index is 351. The molecule has 2 bridgehead atoms. The molecule has 0 aliphatic carbocycles. The SMILES string of the molecule is CCC1CCCN2CCCN(CCCN(CC(=O)O)CC2)CC1. The summed E-state index contributed by atoms with van der Waals surface area (Å²) in [6, 6.07) is 0. The second kappa shape index (κ2) is 10.3. The van der Waals surface area contributed by atoms with Crippen LogP contribution in [-0.4, -0.2) is 84.7 Å². The molecule has 2 heterocycles. The number of carboxylic acid groups (broad SMARTS) is 1. The Kier molecular flexibility index (Phi) is 8.34. The minimum Gasteiger partial charge on any atom is -0.480 e. The Morgan fingerprint density at radius 1 is 0.870 bits per heavy atom. The number of fused-ring (bicyclic) bond motifs is 4. The lowest BCUT2D eigenvalue weighted by Gasteiger charge is -2.27. The van der Waals surface area contributed by atoms with Gasteiger partial charge in [0.05, 0.1) is 6.54 Å². The van der Waals surface area contributed by atoms with Crippen LogP contribution in [0.3, 0.4) is 0 Å². The topological polar surface area (TPSA) is 47.0 Å². The summed E-state index contributed by atoms with van der Waals surface area (Å²) in [7, 11) is 0. The highest BCUT2D eigenvalue weighted by Gasteiger charge is 2.18. The van der Waals surface area contributed by atoms with E-state index in [2.05, 4.69) is 21.6 Å². The average molecular weight is 325 g/mol. The van der Waals surface area contributed by atoms with Crippen LogP contribution in [0.4, 0.5) is 0 Å². The molecule has 3 unspecified atom stereocenters. The number of hydrogen-bond acceptors (Lipinski definition) is 4. The summed E-state index contributed by atoms with van der Waals surface area (Å²) in [5, 5.41) is 9.11.